The van der Waals surface area contributed by atoms with Crippen LogP contribution in [-0.2, 0) is 10.2 Å². The van der Waals surface area contributed by atoms with Crippen LogP contribution in [-0.4, -0.2) is 42.3 Å². The number of piperidine rings is 1. The summed E-state index contributed by atoms with van der Waals surface area (Å²) in [7, 11) is 2.03. The Labute approximate surface area is 121 Å². The Morgan fingerprint density at radius 2 is 1.89 bits per heavy atom. The first-order valence-electron chi connectivity index (χ1n) is 5.83. The fourth-order valence-corrected chi connectivity index (χ4v) is 3.63. The summed E-state index contributed by atoms with van der Waals surface area (Å²) >= 11 is 1.24. The van der Waals surface area contributed by atoms with Crippen molar-refractivity contribution in [2.45, 2.75) is 18.3 Å². The van der Waals surface area contributed by atoms with Crippen molar-refractivity contribution in [3.05, 3.63) is 21.9 Å². The molecule has 19 heavy (non-hydrogen) atoms. The molecule has 2 heterocycles. The minimum Gasteiger partial charge on any atom is -1.00 e. The molecule has 106 valence electrons. The first-order valence-corrected chi connectivity index (χ1v) is 6.71. The third kappa shape index (κ3) is 2.75. The second-order valence-corrected chi connectivity index (χ2v) is 5.73. The van der Waals surface area contributed by atoms with Crippen LogP contribution in [0.15, 0.2) is 11.4 Å². The van der Waals surface area contributed by atoms with Crippen LogP contribution in [0.3, 0.4) is 0 Å². The topological polar surface area (TPSA) is 79.0 Å². The number of quaternary nitrogens is 1. The minimum absolute atomic E-state index is 0. The Balaban J connectivity index is 0.00000180. The zero-order chi connectivity index (χ0) is 13.3. The van der Waals surface area contributed by atoms with E-state index in [2.05, 4.69) is 0 Å². The summed E-state index contributed by atoms with van der Waals surface area (Å²) in [5.74, 6) is -1.95. The van der Waals surface area contributed by atoms with Crippen LogP contribution >= 0.6 is 11.3 Å². The van der Waals surface area contributed by atoms with Gasteiger partial charge < -0.3 is 27.5 Å². The van der Waals surface area contributed by atoms with Gasteiger partial charge in [-0.15, -0.1) is 11.3 Å². The highest BCUT2D eigenvalue weighted by Crippen LogP contribution is 2.38. The molecule has 0 unspecified atom stereocenters. The Morgan fingerprint density at radius 1 is 1.32 bits per heavy atom. The summed E-state index contributed by atoms with van der Waals surface area (Å²) in [6.07, 6.45) is 0.990. The van der Waals surface area contributed by atoms with E-state index < -0.39 is 17.4 Å². The number of hydrogen-bond acceptors (Lipinski definition) is 3. The van der Waals surface area contributed by atoms with E-state index in [1.807, 2.05) is 7.05 Å². The molecule has 1 fully saturated rings. The van der Waals surface area contributed by atoms with E-state index in [4.69, 9.17) is 5.11 Å². The van der Waals surface area contributed by atoms with Gasteiger partial charge >= 0.3 is 11.9 Å². The molecule has 7 heteroatoms. The molecular weight excluding hydrogens is 290 g/mol. The summed E-state index contributed by atoms with van der Waals surface area (Å²) in [5, 5.41) is 20.4. The molecule has 1 aromatic heterocycles. The van der Waals surface area contributed by atoms with Gasteiger partial charge in [0, 0.05) is 17.7 Å². The van der Waals surface area contributed by atoms with Crippen LogP contribution in [0.5, 0.6) is 0 Å². The number of thiophene rings is 1. The van der Waals surface area contributed by atoms with Gasteiger partial charge in [-0.1, -0.05) is 0 Å². The Kier molecular flexibility index (Phi) is 4.95. The Hall–Kier alpha value is -1.11. The molecule has 0 saturated carbocycles. The molecule has 0 amide bonds. The van der Waals surface area contributed by atoms with E-state index in [0.29, 0.717) is 17.7 Å². The number of rotatable bonds is 3. The lowest BCUT2D eigenvalue weighted by molar-refractivity contribution is -0.885. The van der Waals surface area contributed by atoms with Gasteiger partial charge in [-0.2, -0.15) is 0 Å². The molecule has 1 aromatic rings. The van der Waals surface area contributed by atoms with Gasteiger partial charge in [-0.3, -0.25) is 4.79 Å². The van der Waals surface area contributed by atoms with Crippen molar-refractivity contribution in [1.29, 1.82) is 0 Å². The van der Waals surface area contributed by atoms with Gasteiger partial charge in [-0.25, -0.2) is 4.79 Å². The molecule has 1 aliphatic heterocycles. The second-order valence-electron chi connectivity index (χ2n) is 4.81. The summed E-state index contributed by atoms with van der Waals surface area (Å²) in [4.78, 5) is 24.6. The maximum atomic E-state index is 11.7. The van der Waals surface area contributed by atoms with Crippen molar-refractivity contribution in [2.24, 2.45) is 0 Å². The quantitative estimate of drug-likeness (QED) is 0.559. The highest BCUT2D eigenvalue weighted by Gasteiger charge is 2.47. The number of likely N-dealkylation sites (tertiary alicyclic amines) is 1. The summed E-state index contributed by atoms with van der Waals surface area (Å²) in [5.41, 5.74) is -0.872. The van der Waals surface area contributed by atoms with Gasteiger partial charge in [0.2, 0.25) is 0 Å². The average molecular weight is 306 g/mol. The molecule has 1 aliphatic rings. The first-order chi connectivity index (χ1) is 8.47. The van der Waals surface area contributed by atoms with Gasteiger partial charge in [0.05, 0.1) is 25.7 Å². The molecule has 0 spiro atoms. The van der Waals surface area contributed by atoms with Crippen LogP contribution in [0.4, 0.5) is 0 Å². The molecule has 0 aliphatic carbocycles. The highest BCUT2D eigenvalue weighted by molar-refractivity contribution is 7.10. The molecular formula is C12H16ClNO4S. The number of nitrogens with one attached hydrogen (secondary N) is 1. The van der Waals surface area contributed by atoms with E-state index in [-0.39, 0.29) is 18.0 Å². The standard InChI is InChI=1S/C12H15NO4S.ClH/c1-13-5-3-12(4-6-13,11(16)17)9-8(10(14)15)2-7-18-9;/h2,7H,3-6H2,1H3,(H,14,15)(H,16,17);1H. The Morgan fingerprint density at radius 3 is 2.37 bits per heavy atom. The lowest BCUT2D eigenvalue weighted by Crippen LogP contribution is -3.10. The predicted molar refractivity (Wildman–Crippen MR) is 66.4 cm³/mol. The Bertz CT molecular complexity index is 480. The molecule has 0 aromatic carbocycles. The van der Waals surface area contributed by atoms with Gasteiger partial charge in [0.1, 0.15) is 5.41 Å². The molecule has 2 rings (SSSR count). The van der Waals surface area contributed by atoms with Crippen molar-refractivity contribution >= 4 is 23.3 Å². The fourth-order valence-electron chi connectivity index (χ4n) is 2.49. The SMILES string of the molecule is C[NH+]1CCC(C(=O)O)(c2sccc2C(=O)O)CC1.[Cl-]. The number of carbonyl (C=O) groups is 2. The number of halogens is 1. The third-order valence-corrected chi connectivity index (χ3v) is 4.82. The molecule has 0 radical (unpaired) electrons. The highest BCUT2D eigenvalue weighted by atomic mass is 35.5. The van der Waals surface area contributed by atoms with Crippen LogP contribution in [0, 0.1) is 0 Å². The van der Waals surface area contributed by atoms with Crippen LogP contribution < -0.4 is 17.3 Å². The van der Waals surface area contributed by atoms with Crippen molar-refractivity contribution in [3.8, 4) is 0 Å². The monoisotopic (exact) mass is 305 g/mol. The van der Waals surface area contributed by atoms with E-state index in [1.54, 1.807) is 5.38 Å². The van der Waals surface area contributed by atoms with Gasteiger partial charge in [-0.05, 0) is 11.4 Å². The number of aromatic carboxylic acids is 1. The largest absolute Gasteiger partial charge is 1.00 e. The molecule has 3 N–H and O–H groups in total. The van der Waals surface area contributed by atoms with Crippen molar-refractivity contribution in [3.63, 3.8) is 0 Å². The third-order valence-electron chi connectivity index (χ3n) is 3.70. The zero-order valence-corrected chi connectivity index (χ0v) is 12.1. The maximum Gasteiger partial charge on any atom is 0.336 e. The van der Waals surface area contributed by atoms with Crippen LogP contribution in [0.1, 0.15) is 28.1 Å². The summed E-state index contributed by atoms with van der Waals surface area (Å²) in [6, 6.07) is 1.50. The van der Waals surface area contributed by atoms with Gasteiger partial charge in [0.25, 0.3) is 0 Å². The molecule has 5 nitrogen and oxygen atoms in total. The second kappa shape index (κ2) is 5.90. The first kappa shape index (κ1) is 15.9. The van der Waals surface area contributed by atoms with E-state index in [9.17, 15) is 14.7 Å². The molecule has 1 saturated heterocycles. The van der Waals surface area contributed by atoms with E-state index in [0.717, 1.165) is 13.1 Å². The predicted octanol–water partition coefficient (Wildman–Crippen LogP) is -2.92. The lowest BCUT2D eigenvalue weighted by Gasteiger charge is -2.35. The van der Waals surface area contributed by atoms with Crippen LogP contribution in [0.25, 0.3) is 0 Å². The zero-order valence-electron chi connectivity index (χ0n) is 10.5. The molecule has 0 atom stereocenters. The van der Waals surface area contributed by atoms with E-state index in [1.165, 1.54) is 22.3 Å². The van der Waals surface area contributed by atoms with Crippen LogP contribution in [0.2, 0.25) is 0 Å². The lowest BCUT2D eigenvalue weighted by atomic mass is 9.76. The number of hydrogen-bond donors (Lipinski definition) is 3. The number of aliphatic carboxylic acids is 1. The van der Waals surface area contributed by atoms with Crippen molar-refractivity contribution < 1.29 is 37.1 Å². The van der Waals surface area contributed by atoms with Crippen molar-refractivity contribution in [2.75, 3.05) is 20.1 Å². The summed E-state index contributed by atoms with van der Waals surface area (Å²) in [6.45, 7) is 1.51. The normalized spacial score (nSPS) is 26.5. The maximum absolute atomic E-state index is 11.7. The van der Waals surface area contributed by atoms with Gasteiger partial charge in [0.15, 0.2) is 0 Å². The molecule has 0 bridgehead atoms. The smallest absolute Gasteiger partial charge is 0.336 e. The van der Waals surface area contributed by atoms with Crippen molar-refractivity contribution in [1.82, 2.24) is 0 Å². The number of carboxylic acids is 2. The minimum atomic E-state index is -1.04. The summed E-state index contributed by atoms with van der Waals surface area (Å²) < 4.78 is 0. The fraction of sp³-hybridized carbons (Fsp3) is 0.500. The average Bonchev–Trinajstić information content (AvgIpc) is 2.79. The van der Waals surface area contributed by atoms with E-state index >= 15 is 0 Å². The number of carboxylic acid groups (broad SMARTS) is 2.